The van der Waals surface area contributed by atoms with Crippen LogP contribution in [0.3, 0.4) is 0 Å². The van der Waals surface area contributed by atoms with Crippen LogP contribution in [0.25, 0.3) is 11.0 Å². The smallest absolute Gasteiger partial charge is 0.134 e. The van der Waals surface area contributed by atoms with E-state index in [-0.39, 0.29) is 11.6 Å². The maximum Gasteiger partial charge on any atom is 0.134 e. The molecule has 1 aliphatic rings. The normalized spacial score (nSPS) is 18.5. The summed E-state index contributed by atoms with van der Waals surface area (Å²) in [5, 5.41) is 1.72. The van der Waals surface area contributed by atoms with Gasteiger partial charge in [-0.2, -0.15) is 0 Å². The predicted molar refractivity (Wildman–Crippen MR) is 86.2 cm³/mol. The third-order valence-corrected chi connectivity index (χ3v) is 4.81. The van der Waals surface area contributed by atoms with Crippen LogP contribution in [-0.4, -0.2) is 23.5 Å². The molecule has 3 N–H and O–H groups in total. The Labute approximate surface area is 130 Å². The van der Waals surface area contributed by atoms with E-state index in [1.54, 1.807) is 0 Å². The highest BCUT2D eigenvalue weighted by atomic mass is 35.5. The van der Waals surface area contributed by atoms with E-state index in [4.69, 9.17) is 21.9 Å². The topological polar surface area (TPSA) is 54.4 Å². The molecule has 1 aromatic carbocycles. The standard InChI is InChI=1S/C16H22ClN3O/c1-16(2,20-7-3-4-8-20)15(19-18)14-10-11-9-12(17)5-6-13(11)21-14/h5-6,9-10,15,19H,3-4,7-8,18H2,1-2H3. The third-order valence-electron chi connectivity index (χ3n) is 4.58. The number of nitrogens with one attached hydrogen (secondary N) is 1. The first kappa shape index (κ1) is 14.9. The molecular weight excluding hydrogens is 286 g/mol. The molecule has 1 fully saturated rings. The number of halogens is 1. The van der Waals surface area contributed by atoms with E-state index in [9.17, 15) is 0 Å². The first-order valence-electron chi connectivity index (χ1n) is 7.42. The molecule has 3 rings (SSSR count). The highest BCUT2D eigenvalue weighted by Crippen LogP contribution is 2.36. The van der Waals surface area contributed by atoms with Gasteiger partial charge in [0.25, 0.3) is 0 Å². The molecular formula is C16H22ClN3O. The Kier molecular flexibility index (Phi) is 3.97. The minimum absolute atomic E-state index is 0.0678. The fourth-order valence-electron chi connectivity index (χ4n) is 3.29. The van der Waals surface area contributed by atoms with Crippen LogP contribution in [0.15, 0.2) is 28.7 Å². The monoisotopic (exact) mass is 307 g/mol. The first-order valence-corrected chi connectivity index (χ1v) is 7.80. The van der Waals surface area contributed by atoms with Crippen LogP contribution in [0, 0.1) is 0 Å². The van der Waals surface area contributed by atoms with Gasteiger partial charge in [0, 0.05) is 15.9 Å². The van der Waals surface area contributed by atoms with Crippen LogP contribution in [0.2, 0.25) is 5.02 Å². The van der Waals surface area contributed by atoms with Crippen LogP contribution in [0.1, 0.15) is 38.5 Å². The van der Waals surface area contributed by atoms with Crippen molar-refractivity contribution in [3.8, 4) is 0 Å². The molecule has 0 bridgehead atoms. The van der Waals surface area contributed by atoms with Crippen LogP contribution in [0.4, 0.5) is 0 Å². The molecule has 5 heteroatoms. The summed E-state index contributed by atoms with van der Waals surface area (Å²) < 4.78 is 5.99. The number of hydrogen-bond donors (Lipinski definition) is 2. The number of benzene rings is 1. The van der Waals surface area contributed by atoms with E-state index in [0.717, 1.165) is 29.8 Å². The zero-order chi connectivity index (χ0) is 15.0. The van der Waals surface area contributed by atoms with Gasteiger partial charge in [-0.3, -0.25) is 10.7 Å². The number of hydrazine groups is 1. The number of furan rings is 1. The Morgan fingerprint density at radius 3 is 2.67 bits per heavy atom. The molecule has 1 saturated heterocycles. The molecule has 0 saturated carbocycles. The summed E-state index contributed by atoms with van der Waals surface area (Å²) in [4.78, 5) is 2.47. The Bertz CT molecular complexity index is 631. The molecule has 1 atom stereocenters. The van der Waals surface area contributed by atoms with Gasteiger partial charge in [-0.1, -0.05) is 11.6 Å². The number of rotatable bonds is 4. The predicted octanol–water partition coefficient (Wildman–Crippen LogP) is 3.47. The summed E-state index contributed by atoms with van der Waals surface area (Å²) in [6.45, 7) is 6.64. The van der Waals surface area contributed by atoms with Crippen molar-refractivity contribution < 1.29 is 4.42 Å². The first-order chi connectivity index (χ1) is 10.0. The van der Waals surface area contributed by atoms with E-state index in [0.29, 0.717) is 5.02 Å². The van der Waals surface area contributed by atoms with E-state index in [2.05, 4.69) is 24.2 Å². The van der Waals surface area contributed by atoms with Crippen molar-refractivity contribution in [2.75, 3.05) is 13.1 Å². The van der Waals surface area contributed by atoms with Crippen molar-refractivity contribution in [1.82, 2.24) is 10.3 Å². The van der Waals surface area contributed by atoms with Gasteiger partial charge < -0.3 is 4.42 Å². The fourth-order valence-corrected chi connectivity index (χ4v) is 3.47. The Morgan fingerprint density at radius 1 is 1.29 bits per heavy atom. The third kappa shape index (κ3) is 2.69. The molecule has 1 aromatic heterocycles. The maximum absolute atomic E-state index is 6.04. The number of likely N-dealkylation sites (tertiary alicyclic amines) is 1. The lowest BCUT2D eigenvalue weighted by molar-refractivity contribution is 0.0972. The average Bonchev–Trinajstić information content (AvgIpc) is 3.07. The van der Waals surface area contributed by atoms with Crippen molar-refractivity contribution in [1.29, 1.82) is 0 Å². The van der Waals surface area contributed by atoms with Crippen LogP contribution in [-0.2, 0) is 0 Å². The van der Waals surface area contributed by atoms with Gasteiger partial charge in [0.2, 0.25) is 0 Å². The van der Waals surface area contributed by atoms with Gasteiger partial charge in [0.05, 0.1) is 6.04 Å². The summed E-state index contributed by atoms with van der Waals surface area (Å²) >= 11 is 6.04. The maximum atomic E-state index is 6.04. The number of nitrogens with zero attached hydrogens (tertiary/aromatic N) is 1. The summed E-state index contributed by atoms with van der Waals surface area (Å²) in [5.74, 6) is 6.70. The van der Waals surface area contributed by atoms with E-state index in [1.807, 2.05) is 24.3 Å². The van der Waals surface area contributed by atoms with Crippen LogP contribution < -0.4 is 11.3 Å². The highest BCUT2D eigenvalue weighted by molar-refractivity contribution is 6.31. The Hall–Kier alpha value is -1.07. The molecule has 2 heterocycles. The summed E-state index contributed by atoms with van der Waals surface area (Å²) in [7, 11) is 0. The summed E-state index contributed by atoms with van der Waals surface area (Å²) in [6, 6.07) is 7.62. The largest absolute Gasteiger partial charge is 0.459 e. The quantitative estimate of drug-likeness (QED) is 0.671. The van der Waals surface area contributed by atoms with Gasteiger partial charge in [-0.05, 0) is 64.0 Å². The van der Waals surface area contributed by atoms with Crippen molar-refractivity contribution in [3.63, 3.8) is 0 Å². The van der Waals surface area contributed by atoms with Crippen molar-refractivity contribution in [2.45, 2.75) is 38.3 Å². The molecule has 0 amide bonds. The second kappa shape index (κ2) is 5.61. The van der Waals surface area contributed by atoms with Gasteiger partial charge in [-0.15, -0.1) is 0 Å². The van der Waals surface area contributed by atoms with E-state index in [1.165, 1.54) is 12.8 Å². The van der Waals surface area contributed by atoms with Crippen molar-refractivity contribution in [3.05, 3.63) is 35.0 Å². The SMILES string of the molecule is CC(C)(C(NN)c1cc2cc(Cl)ccc2o1)N1CCCC1. The number of fused-ring (bicyclic) bond motifs is 1. The molecule has 0 radical (unpaired) electrons. The number of nitrogens with two attached hydrogens (primary N) is 1. The molecule has 1 unspecified atom stereocenters. The van der Waals surface area contributed by atoms with Crippen molar-refractivity contribution in [2.24, 2.45) is 5.84 Å². The number of hydrogen-bond acceptors (Lipinski definition) is 4. The summed E-state index contributed by atoms with van der Waals surface area (Å²) in [5.41, 5.74) is 3.67. The van der Waals surface area contributed by atoms with Gasteiger partial charge in [0.15, 0.2) is 0 Å². The van der Waals surface area contributed by atoms with E-state index >= 15 is 0 Å². The Morgan fingerprint density at radius 2 is 2.00 bits per heavy atom. The van der Waals surface area contributed by atoms with Crippen LogP contribution >= 0.6 is 11.6 Å². The minimum Gasteiger partial charge on any atom is -0.459 e. The summed E-state index contributed by atoms with van der Waals surface area (Å²) in [6.07, 6.45) is 2.49. The second-order valence-corrected chi connectivity index (χ2v) is 6.71. The molecule has 21 heavy (non-hydrogen) atoms. The zero-order valence-corrected chi connectivity index (χ0v) is 13.3. The van der Waals surface area contributed by atoms with Gasteiger partial charge >= 0.3 is 0 Å². The molecule has 114 valence electrons. The molecule has 0 spiro atoms. The molecule has 2 aromatic rings. The fraction of sp³-hybridized carbons (Fsp3) is 0.500. The highest BCUT2D eigenvalue weighted by Gasteiger charge is 2.38. The van der Waals surface area contributed by atoms with Gasteiger partial charge in [-0.25, -0.2) is 5.43 Å². The molecule has 4 nitrogen and oxygen atoms in total. The van der Waals surface area contributed by atoms with E-state index < -0.39 is 0 Å². The lowest BCUT2D eigenvalue weighted by Crippen LogP contribution is -2.53. The second-order valence-electron chi connectivity index (χ2n) is 6.28. The molecule has 1 aliphatic heterocycles. The minimum atomic E-state index is -0.108. The van der Waals surface area contributed by atoms with Crippen LogP contribution in [0.5, 0.6) is 0 Å². The Balaban J connectivity index is 1.97. The average molecular weight is 308 g/mol. The van der Waals surface area contributed by atoms with Crippen molar-refractivity contribution >= 4 is 22.6 Å². The lowest BCUT2D eigenvalue weighted by Gasteiger charge is -2.40. The van der Waals surface area contributed by atoms with Gasteiger partial charge in [0.1, 0.15) is 11.3 Å². The lowest BCUT2D eigenvalue weighted by atomic mass is 9.91. The molecule has 0 aliphatic carbocycles. The zero-order valence-electron chi connectivity index (χ0n) is 12.5.